The fourth-order valence-corrected chi connectivity index (χ4v) is 3.38. The molecule has 1 aromatic heterocycles. The summed E-state index contributed by atoms with van der Waals surface area (Å²) in [4.78, 5) is 4.30. The number of fused-ring (bicyclic) bond motifs is 2. The first-order valence-electron chi connectivity index (χ1n) is 6.82. The van der Waals surface area contributed by atoms with Crippen LogP contribution in [0, 0.1) is 0 Å². The number of benzene rings is 4. The average Bonchev–Trinajstić information content (AvgIpc) is 2.52. The van der Waals surface area contributed by atoms with Crippen LogP contribution in [0.3, 0.4) is 0 Å². The Labute approximate surface area is 115 Å². The summed E-state index contributed by atoms with van der Waals surface area (Å²) in [6.07, 6.45) is 3.83. The first-order valence-corrected chi connectivity index (χ1v) is 6.82. The van der Waals surface area contributed by atoms with E-state index >= 15 is 0 Å². The van der Waals surface area contributed by atoms with Gasteiger partial charge in [-0.2, -0.15) is 0 Å². The van der Waals surface area contributed by atoms with Gasteiger partial charge in [0.15, 0.2) is 0 Å². The zero-order chi connectivity index (χ0) is 13.1. The summed E-state index contributed by atoms with van der Waals surface area (Å²) in [6, 6.07) is 19.8. The summed E-state index contributed by atoms with van der Waals surface area (Å²) < 4.78 is 0. The van der Waals surface area contributed by atoms with Gasteiger partial charge in [0.2, 0.25) is 0 Å². The highest BCUT2D eigenvalue weighted by molar-refractivity contribution is 6.28. The second kappa shape index (κ2) is 3.45. The van der Waals surface area contributed by atoms with E-state index < -0.39 is 0 Å². The molecule has 0 aliphatic heterocycles. The Hall–Kier alpha value is -2.67. The highest BCUT2D eigenvalue weighted by atomic mass is 14.6. The molecule has 0 spiro atoms. The van der Waals surface area contributed by atoms with Gasteiger partial charge in [-0.25, -0.2) is 0 Å². The Morgan fingerprint density at radius 3 is 2.30 bits per heavy atom. The molecule has 0 saturated carbocycles. The maximum absolute atomic E-state index is 4.30. The molecule has 20 heavy (non-hydrogen) atoms. The van der Waals surface area contributed by atoms with Crippen LogP contribution in [0.1, 0.15) is 0 Å². The van der Waals surface area contributed by atoms with Crippen molar-refractivity contribution in [2.24, 2.45) is 0 Å². The number of hydrogen-bond acceptors (Lipinski definition) is 1. The van der Waals surface area contributed by atoms with Crippen molar-refractivity contribution in [3.8, 4) is 0 Å². The normalized spacial score (nSPS) is 12.0. The predicted molar refractivity (Wildman–Crippen MR) is 85.4 cm³/mol. The smallest absolute Gasteiger partial charge is 0.0352 e. The third kappa shape index (κ3) is 1.15. The molecule has 0 radical (unpaired) electrons. The zero-order valence-electron chi connectivity index (χ0n) is 10.8. The van der Waals surface area contributed by atoms with Gasteiger partial charge in [0, 0.05) is 17.8 Å². The Bertz CT molecular complexity index is 1080. The molecule has 1 heterocycles. The van der Waals surface area contributed by atoms with Gasteiger partial charge in [0.25, 0.3) is 0 Å². The van der Waals surface area contributed by atoms with Crippen LogP contribution in [0.4, 0.5) is 0 Å². The summed E-state index contributed by atoms with van der Waals surface area (Å²) >= 11 is 0. The van der Waals surface area contributed by atoms with Crippen molar-refractivity contribution in [1.29, 1.82) is 0 Å². The number of pyridine rings is 1. The lowest BCUT2D eigenvalue weighted by atomic mass is 9.92. The SMILES string of the molecule is c1cc2ccc3cc4ccncc4c4ccc(c1)c2c34. The topological polar surface area (TPSA) is 12.9 Å². The third-order valence-electron chi connectivity index (χ3n) is 4.26. The number of hydrogen-bond donors (Lipinski definition) is 0. The third-order valence-corrected chi connectivity index (χ3v) is 4.26. The van der Waals surface area contributed by atoms with E-state index in [9.17, 15) is 0 Å². The number of aromatic nitrogens is 1. The Morgan fingerprint density at radius 2 is 1.40 bits per heavy atom. The number of nitrogens with zero attached hydrogens (tertiary/aromatic N) is 1. The molecule has 1 nitrogen and oxygen atoms in total. The highest BCUT2D eigenvalue weighted by Crippen LogP contribution is 2.37. The fraction of sp³-hybridized carbons (Fsp3) is 0. The molecule has 0 aliphatic rings. The summed E-state index contributed by atoms with van der Waals surface area (Å²) in [6.45, 7) is 0. The van der Waals surface area contributed by atoms with Gasteiger partial charge < -0.3 is 0 Å². The minimum absolute atomic E-state index is 1.23. The molecular weight excluding hydrogens is 242 g/mol. The lowest BCUT2D eigenvalue weighted by molar-refractivity contribution is 1.37. The van der Waals surface area contributed by atoms with Gasteiger partial charge in [0.1, 0.15) is 0 Å². The lowest BCUT2D eigenvalue weighted by Crippen LogP contribution is -1.85. The van der Waals surface area contributed by atoms with E-state index in [4.69, 9.17) is 0 Å². The van der Waals surface area contributed by atoms with Gasteiger partial charge in [-0.1, -0.05) is 42.5 Å². The Morgan fingerprint density at radius 1 is 0.600 bits per heavy atom. The van der Waals surface area contributed by atoms with Gasteiger partial charge in [-0.15, -0.1) is 0 Å². The largest absolute Gasteiger partial charge is 0.264 e. The van der Waals surface area contributed by atoms with Gasteiger partial charge in [0.05, 0.1) is 0 Å². The van der Waals surface area contributed by atoms with Crippen LogP contribution in [0.5, 0.6) is 0 Å². The van der Waals surface area contributed by atoms with E-state index in [0.717, 1.165) is 0 Å². The van der Waals surface area contributed by atoms with Crippen molar-refractivity contribution in [3.05, 3.63) is 67.0 Å². The van der Waals surface area contributed by atoms with Crippen LogP contribution >= 0.6 is 0 Å². The molecule has 0 N–H and O–H groups in total. The maximum Gasteiger partial charge on any atom is 0.0352 e. The van der Waals surface area contributed by atoms with Crippen LogP contribution in [-0.4, -0.2) is 4.98 Å². The van der Waals surface area contributed by atoms with Crippen molar-refractivity contribution in [3.63, 3.8) is 0 Å². The van der Waals surface area contributed by atoms with Crippen molar-refractivity contribution >= 4 is 43.1 Å². The van der Waals surface area contributed by atoms with E-state index in [1.807, 2.05) is 12.4 Å². The summed E-state index contributed by atoms with van der Waals surface area (Å²) in [5.41, 5.74) is 0. The molecule has 0 unspecified atom stereocenters. The van der Waals surface area contributed by atoms with E-state index in [2.05, 4.69) is 59.6 Å². The van der Waals surface area contributed by atoms with E-state index in [-0.39, 0.29) is 0 Å². The fourth-order valence-electron chi connectivity index (χ4n) is 3.38. The van der Waals surface area contributed by atoms with E-state index in [0.29, 0.717) is 0 Å². The van der Waals surface area contributed by atoms with Crippen molar-refractivity contribution < 1.29 is 0 Å². The Kier molecular flexibility index (Phi) is 1.75. The minimum Gasteiger partial charge on any atom is -0.264 e. The molecule has 0 amide bonds. The summed E-state index contributed by atoms with van der Waals surface area (Å²) in [5.74, 6) is 0. The monoisotopic (exact) mass is 253 g/mol. The molecule has 0 atom stereocenters. The second-order valence-electron chi connectivity index (χ2n) is 5.33. The lowest BCUT2D eigenvalue weighted by Gasteiger charge is -2.12. The molecule has 0 fully saturated rings. The average molecular weight is 253 g/mol. The molecule has 5 rings (SSSR count). The number of rotatable bonds is 0. The second-order valence-corrected chi connectivity index (χ2v) is 5.33. The summed E-state index contributed by atoms with van der Waals surface area (Å²) in [7, 11) is 0. The van der Waals surface area contributed by atoms with Crippen LogP contribution in [-0.2, 0) is 0 Å². The van der Waals surface area contributed by atoms with Crippen LogP contribution < -0.4 is 0 Å². The molecule has 0 aliphatic carbocycles. The first-order chi connectivity index (χ1) is 9.92. The van der Waals surface area contributed by atoms with Crippen LogP contribution in [0.15, 0.2) is 67.0 Å². The van der Waals surface area contributed by atoms with Crippen LogP contribution in [0.25, 0.3) is 43.1 Å². The maximum atomic E-state index is 4.30. The molecule has 0 saturated heterocycles. The molecule has 5 aromatic rings. The standard InChI is InChI=1S/C19H11N/c1-2-12-4-5-15-10-14-8-9-20-11-17(14)16-7-6-13(3-1)18(12)19(15)16/h1-11H. The van der Waals surface area contributed by atoms with E-state index in [1.54, 1.807) is 0 Å². The van der Waals surface area contributed by atoms with Crippen molar-refractivity contribution in [2.45, 2.75) is 0 Å². The predicted octanol–water partition coefficient (Wildman–Crippen LogP) is 5.13. The van der Waals surface area contributed by atoms with Gasteiger partial charge >= 0.3 is 0 Å². The van der Waals surface area contributed by atoms with Crippen molar-refractivity contribution in [2.75, 3.05) is 0 Å². The summed E-state index contributed by atoms with van der Waals surface area (Å²) in [5, 5.41) is 10.4. The first kappa shape index (κ1) is 10.2. The molecule has 92 valence electrons. The molecular formula is C19H11N. The molecule has 1 heteroatoms. The van der Waals surface area contributed by atoms with E-state index in [1.165, 1.54) is 43.1 Å². The van der Waals surface area contributed by atoms with Crippen LogP contribution in [0.2, 0.25) is 0 Å². The van der Waals surface area contributed by atoms with Gasteiger partial charge in [-0.3, -0.25) is 4.98 Å². The molecule has 0 bridgehead atoms. The quantitative estimate of drug-likeness (QED) is 0.275. The zero-order valence-corrected chi connectivity index (χ0v) is 10.8. The highest BCUT2D eigenvalue weighted by Gasteiger charge is 2.10. The molecule has 4 aromatic carbocycles. The Balaban J connectivity index is 2.23. The van der Waals surface area contributed by atoms with Crippen molar-refractivity contribution in [1.82, 2.24) is 4.98 Å². The van der Waals surface area contributed by atoms with Gasteiger partial charge in [-0.05, 0) is 49.8 Å². The minimum atomic E-state index is 1.23.